The predicted octanol–water partition coefficient (Wildman–Crippen LogP) is 3.40. The highest BCUT2D eigenvalue weighted by Gasteiger charge is 2.12. The van der Waals surface area contributed by atoms with E-state index in [1.165, 1.54) is 16.8 Å². The second-order valence-electron chi connectivity index (χ2n) is 6.11. The van der Waals surface area contributed by atoms with E-state index in [1.807, 2.05) is 42.5 Å². The van der Waals surface area contributed by atoms with Crippen molar-refractivity contribution in [3.8, 4) is 16.8 Å². The number of hydrogen-bond donors (Lipinski definition) is 1. The molecule has 7 heteroatoms. The smallest absolute Gasteiger partial charge is 0.251 e. The summed E-state index contributed by atoms with van der Waals surface area (Å²) >= 11 is 0. The summed E-state index contributed by atoms with van der Waals surface area (Å²) in [6.45, 7) is 0.114. The Hall–Kier alpha value is -3.87. The van der Waals surface area contributed by atoms with Gasteiger partial charge in [0.25, 0.3) is 5.91 Å². The molecule has 0 aliphatic heterocycles. The number of nitrogens with zero attached hydrogens (tertiary/aromatic N) is 4. The molecule has 1 N–H and O–H groups in total. The number of carbonyl (C=O) groups excluding carboxylic acids is 1. The first-order valence-corrected chi connectivity index (χ1v) is 8.67. The first kappa shape index (κ1) is 17.5. The Balaban J connectivity index is 1.45. The molecule has 0 saturated heterocycles. The zero-order chi connectivity index (χ0) is 19.3. The minimum Gasteiger partial charge on any atom is -0.345 e. The van der Waals surface area contributed by atoms with Crippen LogP contribution in [0, 0.1) is 5.82 Å². The van der Waals surface area contributed by atoms with Gasteiger partial charge in [0.15, 0.2) is 5.82 Å². The molecule has 4 rings (SSSR count). The molecule has 28 heavy (non-hydrogen) atoms. The van der Waals surface area contributed by atoms with Crippen molar-refractivity contribution in [2.45, 2.75) is 6.54 Å². The van der Waals surface area contributed by atoms with Gasteiger partial charge in [-0.1, -0.05) is 48.5 Å². The van der Waals surface area contributed by atoms with Crippen LogP contribution >= 0.6 is 0 Å². The molecule has 3 aromatic carbocycles. The van der Waals surface area contributed by atoms with Gasteiger partial charge in [-0.3, -0.25) is 4.79 Å². The standard InChI is InChI=1S/C21H16FN5O/c22-18-7-4-8-19(13-18)27-20(24-25-26-27)14-23-21(28)17-11-9-16(10-12-17)15-5-2-1-3-6-15/h1-13H,14H2,(H,23,28). The maximum Gasteiger partial charge on any atom is 0.251 e. The van der Waals surface area contributed by atoms with Crippen LogP contribution in [0.5, 0.6) is 0 Å². The van der Waals surface area contributed by atoms with Crippen LogP contribution in [0.25, 0.3) is 16.8 Å². The molecule has 0 unspecified atom stereocenters. The van der Waals surface area contributed by atoms with E-state index in [-0.39, 0.29) is 18.3 Å². The molecule has 0 fully saturated rings. The van der Waals surface area contributed by atoms with Crippen molar-refractivity contribution >= 4 is 5.91 Å². The molecule has 1 amide bonds. The second kappa shape index (κ2) is 7.79. The topological polar surface area (TPSA) is 72.7 Å². The van der Waals surface area contributed by atoms with Gasteiger partial charge >= 0.3 is 0 Å². The predicted molar refractivity (Wildman–Crippen MR) is 102 cm³/mol. The zero-order valence-corrected chi connectivity index (χ0v) is 14.8. The maximum atomic E-state index is 13.4. The monoisotopic (exact) mass is 373 g/mol. The number of tetrazole rings is 1. The van der Waals surface area contributed by atoms with E-state index in [9.17, 15) is 9.18 Å². The van der Waals surface area contributed by atoms with Gasteiger partial charge in [0.2, 0.25) is 0 Å². The summed E-state index contributed by atoms with van der Waals surface area (Å²) in [6, 6.07) is 23.2. The molecular weight excluding hydrogens is 357 g/mol. The van der Waals surface area contributed by atoms with Crippen molar-refractivity contribution in [1.29, 1.82) is 0 Å². The van der Waals surface area contributed by atoms with E-state index in [1.54, 1.807) is 24.3 Å². The molecular formula is C21H16FN5O. The van der Waals surface area contributed by atoms with Gasteiger partial charge in [0.1, 0.15) is 5.82 Å². The third-order valence-electron chi connectivity index (χ3n) is 4.25. The fraction of sp³-hybridized carbons (Fsp3) is 0.0476. The van der Waals surface area contributed by atoms with Gasteiger partial charge in [0, 0.05) is 5.56 Å². The molecule has 0 radical (unpaired) electrons. The summed E-state index contributed by atoms with van der Waals surface area (Å²) in [5.41, 5.74) is 3.14. The van der Waals surface area contributed by atoms with Crippen LogP contribution in [0.1, 0.15) is 16.2 Å². The Morgan fingerprint density at radius 2 is 1.68 bits per heavy atom. The van der Waals surface area contributed by atoms with Crippen LogP contribution in [-0.4, -0.2) is 26.1 Å². The summed E-state index contributed by atoms with van der Waals surface area (Å²) in [5.74, 6) is -0.227. The summed E-state index contributed by atoms with van der Waals surface area (Å²) in [6.07, 6.45) is 0. The van der Waals surface area contributed by atoms with Crippen molar-refractivity contribution in [3.63, 3.8) is 0 Å². The largest absolute Gasteiger partial charge is 0.345 e. The van der Waals surface area contributed by atoms with E-state index in [0.29, 0.717) is 17.1 Å². The highest BCUT2D eigenvalue weighted by molar-refractivity contribution is 5.94. The Morgan fingerprint density at radius 1 is 0.929 bits per heavy atom. The van der Waals surface area contributed by atoms with Crippen molar-refractivity contribution in [2.75, 3.05) is 0 Å². The van der Waals surface area contributed by atoms with E-state index >= 15 is 0 Å². The Morgan fingerprint density at radius 3 is 2.43 bits per heavy atom. The van der Waals surface area contributed by atoms with Crippen LogP contribution in [0.3, 0.4) is 0 Å². The molecule has 0 aliphatic carbocycles. The highest BCUT2D eigenvalue weighted by atomic mass is 19.1. The van der Waals surface area contributed by atoms with Gasteiger partial charge in [-0.2, -0.15) is 4.68 Å². The number of nitrogens with one attached hydrogen (secondary N) is 1. The third-order valence-corrected chi connectivity index (χ3v) is 4.25. The first-order chi connectivity index (χ1) is 13.7. The summed E-state index contributed by atoms with van der Waals surface area (Å²) in [7, 11) is 0. The number of hydrogen-bond acceptors (Lipinski definition) is 4. The quantitative estimate of drug-likeness (QED) is 0.582. The lowest BCUT2D eigenvalue weighted by atomic mass is 10.0. The SMILES string of the molecule is O=C(NCc1nnnn1-c1cccc(F)c1)c1ccc(-c2ccccc2)cc1. The van der Waals surface area contributed by atoms with Gasteiger partial charge in [-0.25, -0.2) is 4.39 Å². The van der Waals surface area contributed by atoms with Crippen molar-refractivity contribution in [1.82, 2.24) is 25.5 Å². The lowest BCUT2D eigenvalue weighted by Crippen LogP contribution is -2.24. The number of amides is 1. The van der Waals surface area contributed by atoms with Crippen molar-refractivity contribution in [2.24, 2.45) is 0 Å². The van der Waals surface area contributed by atoms with Crippen LogP contribution < -0.4 is 5.32 Å². The molecule has 138 valence electrons. The Labute approximate surface area is 160 Å². The molecule has 1 heterocycles. The molecule has 6 nitrogen and oxygen atoms in total. The van der Waals surface area contributed by atoms with E-state index in [0.717, 1.165) is 11.1 Å². The highest BCUT2D eigenvalue weighted by Crippen LogP contribution is 2.19. The molecule has 0 saturated carbocycles. The van der Waals surface area contributed by atoms with Gasteiger partial charge in [0.05, 0.1) is 12.2 Å². The van der Waals surface area contributed by atoms with Gasteiger partial charge in [-0.05, 0) is 51.9 Å². The number of halogens is 1. The minimum absolute atomic E-state index is 0.114. The molecule has 0 atom stereocenters. The normalized spacial score (nSPS) is 10.6. The Bertz CT molecular complexity index is 1090. The third kappa shape index (κ3) is 3.78. The average molecular weight is 373 g/mol. The van der Waals surface area contributed by atoms with Crippen molar-refractivity contribution in [3.05, 3.63) is 96.1 Å². The summed E-state index contributed by atoms with van der Waals surface area (Å²) < 4.78 is 14.8. The summed E-state index contributed by atoms with van der Waals surface area (Å²) in [5, 5.41) is 14.2. The number of carbonyl (C=O) groups is 1. The second-order valence-corrected chi connectivity index (χ2v) is 6.11. The first-order valence-electron chi connectivity index (χ1n) is 8.67. The molecule has 0 spiro atoms. The van der Waals surface area contributed by atoms with Crippen molar-refractivity contribution < 1.29 is 9.18 Å². The lowest BCUT2D eigenvalue weighted by Gasteiger charge is -2.07. The van der Waals surface area contributed by atoms with E-state index < -0.39 is 0 Å². The van der Waals surface area contributed by atoms with E-state index in [4.69, 9.17) is 0 Å². The van der Waals surface area contributed by atoms with Crippen LogP contribution in [-0.2, 0) is 6.54 Å². The van der Waals surface area contributed by atoms with Crippen LogP contribution in [0.2, 0.25) is 0 Å². The van der Waals surface area contributed by atoms with Crippen LogP contribution in [0.4, 0.5) is 4.39 Å². The molecule has 0 aliphatic rings. The minimum atomic E-state index is -0.388. The molecule has 4 aromatic rings. The van der Waals surface area contributed by atoms with Gasteiger partial charge in [-0.15, -0.1) is 5.10 Å². The Kier molecular flexibility index (Phi) is 4.88. The lowest BCUT2D eigenvalue weighted by molar-refractivity contribution is 0.0949. The maximum absolute atomic E-state index is 13.4. The fourth-order valence-corrected chi connectivity index (χ4v) is 2.83. The van der Waals surface area contributed by atoms with Crippen LogP contribution in [0.15, 0.2) is 78.9 Å². The van der Waals surface area contributed by atoms with Gasteiger partial charge < -0.3 is 5.32 Å². The molecule has 1 aromatic heterocycles. The fourth-order valence-electron chi connectivity index (χ4n) is 2.83. The number of benzene rings is 3. The number of aromatic nitrogens is 4. The van der Waals surface area contributed by atoms with E-state index in [2.05, 4.69) is 20.8 Å². The zero-order valence-electron chi connectivity index (χ0n) is 14.8. The number of rotatable bonds is 5. The summed E-state index contributed by atoms with van der Waals surface area (Å²) in [4.78, 5) is 12.4. The average Bonchev–Trinajstić information content (AvgIpc) is 3.21. The molecule has 0 bridgehead atoms.